The quantitative estimate of drug-likeness (QED) is 0.459. The van der Waals surface area contributed by atoms with Gasteiger partial charge in [0.05, 0.1) is 0 Å². The van der Waals surface area contributed by atoms with Gasteiger partial charge < -0.3 is 21.3 Å². The monoisotopic (exact) mass is 188 g/mol. The molecule has 13 heavy (non-hydrogen) atoms. The van der Waals surface area contributed by atoms with Crippen molar-refractivity contribution < 1.29 is 19.4 Å². The number of carboxylic acids is 1. The highest BCUT2D eigenvalue weighted by Crippen LogP contribution is 2.33. The molecule has 74 valence electrons. The molecule has 0 aliphatic heterocycles. The summed E-state index contributed by atoms with van der Waals surface area (Å²) in [6.07, 6.45) is 1.18. The first-order valence-electron chi connectivity index (χ1n) is 3.90. The van der Waals surface area contributed by atoms with Crippen molar-refractivity contribution >= 4 is 11.9 Å². The van der Waals surface area contributed by atoms with E-state index in [0.717, 1.165) is 0 Å². The van der Waals surface area contributed by atoms with Gasteiger partial charge in [0.1, 0.15) is 18.2 Å². The fourth-order valence-corrected chi connectivity index (χ4v) is 0.719. The van der Waals surface area contributed by atoms with Crippen LogP contribution in [-0.4, -0.2) is 35.2 Å². The van der Waals surface area contributed by atoms with Crippen molar-refractivity contribution in [2.24, 2.45) is 11.5 Å². The Bertz CT molecular complexity index is 237. The van der Waals surface area contributed by atoms with Crippen LogP contribution in [0.3, 0.4) is 0 Å². The number of ether oxygens (including phenoxy) is 1. The van der Waals surface area contributed by atoms with Crippen LogP contribution in [0, 0.1) is 0 Å². The number of esters is 1. The minimum Gasteiger partial charge on any atom is -0.480 e. The van der Waals surface area contributed by atoms with E-state index in [0.29, 0.717) is 12.8 Å². The van der Waals surface area contributed by atoms with Crippen LogP contribution in [0.2, 0.25) is 0 Å². The van der Waals surface area contributed by atoms with Crippen LogP contribution in [0.15, 0.2) is 0 Å². The van der Waals surface area contributed by atoms with Crippen LogP contribution >= 0.6 is 0 Å². The molecule has 0 heterocycles. The van der Waals surface area contributed by atoms with E-state index >= 15 is 0 Å². The normalized spacial score (nSPS) is 20.5. The van der Waals surface area contributed by atoms with E-state index in [2.05, 4.69) is 4.74 Å². The molecule has 1 fully saturated rings. The minimum absolute atomic E-state index is 0.326. The van der Waals surface area contributed by atoms with Crippen LogP contribution < -0.4 is 11.5 Å². The van der Waals surface area contributed by atoms with E-state index in [9.17, 15) is 9.59 Å². The molecular weight excluding hydrogens is 176 g/mol. The van der Waals surface area contributed by atoms with Crippen LogP contribution in [0.1, 0.15) is 12.8 Å². The predicted molar refractivity (Wildman–Crippen MR) is 42.7 cm³/mol. The Morgan fingerprint density at radius 3 is 2.46 bits per heavy atom. The smallest absolute Gasteiger partial charge is 0.326 e. The van der Waals surface area contributed by atoms with Crippen molar-refractivity contribution in [1.29, 1.82) is 0 Å². The Morgan fingerprint density at radius 1 is 1.54 bits per heavy atom. The van der Waals surface area contributed by atoms with Gasteiger partial charge in [-0.2, -0.15) is 0 Å². The maximum Gasteiger partial charge on any atom is 0.326 e. The standard InChI is InChI=1S/C7H12N2O4/c8-4(5(10)11)3-13-6(12)7(9)1-2-7/h4H,1-3,8-9H2,(H,10,11)/t4-/m0/s1. The highest BCUT2D eigenvalue weighted by molar-refractivity contribution is 5.84. The Hall–Kier alpha value is -1.14. The fraction of sp³-hybridized carbons (Fsp3) is 0.714. The summed E-state index contributed by atoms with van der Waals surface area (Å²) in [6, 6.07) is -1.17. The molecule has 0 amide bonds. The first kappa shape index (κ1) is 9.94. The number of hydrogen-bond acceptors (Lipinski definition) is 5. The van der Waals surface area contributed by atoms with Crippen molar-refractivity contribution in [2.45, 2.75) is 24.4 Å². The first-order valence-corrected chi connectivity index (χ1v) is 3.90. The zero-order valence-corrected chi connectivity index (χ0v) is 7.03. The molecule has 6 nitrogen and oxygen atoms in total. The van der Waals surface area contributed by atoms with Gasteiger partial charge in [-0.25, -0.2) is 0 Å². The Morgan fingerprint density at radius 2 is 2.08 bits per heavy atom. The van der Waals surface area contributed by atoms with E-state index < -0.39 is 23.5 Å². The molecule has 1 atom stereocenters. The molecule has 0 aromatic rings. The second-order valence-electron chi connectivity index (χ2n) is 3.20. The summed E-state index contributed by atoms with van der Waals surface area (Å²) in [5.41, 5.74) is 9.72. The number of aliphatic carboxylic acids is 1. The maximum atomic E-state index is 11.1. The third kappa shape index (κ3) is 2.40. The summed E-state index contributed by atoms with van der Waals surface area (Å²) in [5, 5.41) is 8.37. The Balaban J connectivity index is 2.26. The lowest BCUT2D eigenvalue weighted by atomic mass is 10.3. The van der Waals surface area contributed by atoms with E-state index in [1.807, 2.05) is 0 Å². The van der Waals surface area contributed by atoms with Crippen molar-refractivity contribution in [2.75, 3.05) is 6.61 Å². The lowest BCUT2D eigenvalue weighted by Gasteiger charge is -2.10. The number of carboxylic acid groups (broad SMARTS) is 1. The van der Waals surface area contributed by atoms with Gasteiger partial charge >= 0.3 is 11.9 Å². The summed E-state index contributed by atoms with van der Waals surface area (Å²) < 4.78 is 4.62. The molecule has 1 rings (SSSR count). The average Bonchev–Trinajstić information content (AvgIpc) is 2.79. The molecule has 1 aliphatic rings. The van der Waals surface area contributed by atoms with E-state index in [-0.39, 0.29) is 6.61 Å². The molecule has 6 heteroatoms. The average molecular weight is 188 g/mol. The lowest BCUT2D eigenvalue weighted by molar-refractivity contribution is -0.149. The van der Waals surface area contributed by atoms with Crippen LogP contribution in [0.25, 0.3) is 0 Å². The number of hydrogen-bond donors (Lipinski definition) is 3. The summed E-state index contributed by atoms with van der Waals surface area (Å²) >= 11 is 0. The van der Waals surface area contributed by atoms with Gasteiger partial charge in [-0.05, 0) is 12.8 Å². The molecule has 0 unspecified atom stereocenters. The largest absolute Gasteiger partial charge is 0.480 e. The third-order valence-electron chi connectivity index (χ3n) is 1.91. The minimum atomic E-state index is -1.20. The van der Waals surface area contributed by atoms with Gasteiger partial charge in [-0.3, -0.25) is 9.59 Å². The maximum absolute atomic E-state index is 11.1. The van der Waals surface area contributed by atoms with Gasteiger partial charge in [0, 0.05) is 0 Å². The van der Waals surface area contributed by atoms with Crippen molar-refractivity contribution in [3.8, 4) is 0 Å². The molecular formula is C7H12N2O4. The van der Waals surface area contributed by atoms with E-state index in [4.69, 9.17) is 16.6 Å². The van der Waals surface area contributed by atoms with Gasteiger partial charge in [-0.1, -0.05) is 0 Å². The van der Waals surface area contributed by atoms with Gasteiger partial charge in [0.25, 0.3) is 0 Å². The highest BCUT2D eigenvalue weighted by Gasteiger charge is 2.47. The van der Waals surface area contributed by atoms with Crippen LogP contribution in [0.5, 0.6) is 0 Å². The lowest BCUT2D eigenvalue weighted by Crippen LogP contribution is -2.40. The van der Waals surface area contributed by atoms with Crippen molar-refractivity contribution in [1.82, 2.24) is 0 Å². The topological polar surface area (TPSA) is 116 Å². The van der Waals surface area contributed by atoms with Crippen molar-refractivity contribution in [3.63, 3.8) is 0 Å². The zero-order chi connectivity index (χ0) is 10.1. The predicted octanol–water partition coefficient (Wildman–Crippen LogP) is -1.57. The Labute approximate surface area is 74.8 Å². The number of nitrogens with two attached hydrogens (primary N) is 2. The van der Waals surface area contributed by atoms with Crippen molar-refractivity contribution in [3.05, 3.63) is 0 Å². The van der Waals surface area contributed by atoms with Crippen LogP contribution in [-0.2, 0) is 14.3 Å². The number of rotatable bonds is 4. The summed E-state index contributed by atoms with van der Waals surface area (Å²) in [4.78, 5) is 21.3. The van der Waals surface area contributed by atoms with E-state index in [1.165, 1.54) is 0 Å². The molecule has 5 N–H and O–H groups in total. The van der Waals surface area contributed by atoms with Gasteiger partial charge in [0.2, 0.25) is 0 Å². The summed E-state index contributed by atoms with van der Waals surface area (Å²) in [5.74, 6) is -1.76. The third-order valence-corrected chi connectivity index (χ3v) is 1.91. The Kier molecular flexibility index (Phi) is 2.53. The van der Waals surface area contributed by atoms with Crippen LogP contribution in [0.4, 0.5) is 0 Å². The van der Waals surface area contributed by atoms with Gasteiger partial charge in [-0.15, -0.1) is 0 Å². The summed E-state index contributed by atoms with van der Waals surface area (Å²) in [6.45, 7) is -0.326. The molecule has 0 bridgehead atoms. The fourth-order valence-electron chi connectivity index (χ4n) is 0.719. The zero-order valence-electron chi connectivity index (χ0n) is 7.03. The second-order valence-corrected chi connectivity index (χ2v) is 3.20. The molecule has 0 saturated heterocycles. The van der Waals surface area contributed by atoms with Gasteiger partial charge in [0.15, 0.2) is 0 Å². The molecule has 1 aliphatic carbocycles. The second kappa shape index (κ2) is 3.31. The molecule has 0 spiro atoms. The molecule has 0 radical (unpaired) electrons. The highest BCUT2D eigenvalue weighted by atomic mass is 16.5. The SMILES string of the molecule is N[C@@H](COC(=O)C1(N)CC1)C(=O)O. The molecule has 0 aromatic carbocycles. The molecule has 1 saturated carbocycles. The molecule has 0 aromatic heterocycles. The number of carbonyl (C=O) groups is 2. The van der Waals surface area contributed by atoms with E-state index in [1.54, 1.807) is 0 Å². The number of carbonyl (C=O) groups excluding carboxylic acids is 1. The first-order chi connectivity index (χ1) is 5.96. The summed E-state index contributed by atoms with van der Waals surface area (Å²) in [7, 11) is 0.